The lowest BCUT2D eigenvalue weighted by Gasteiger charge is -2.32. The van der Waals surface area contributed by atoms with E-state index in [0.29, 0.717) is 11.1 Å². The molecule has 1 aliphatic heterocycles. The van der Waals surface area contributed by atoms with Gasteiger partial charge in [-0.2, -0.15) is 0 Å². The summed E-state index contributed by atoms with van der Waals surface area (Å²) in [5, 5.41) is 0. The van der Waals surface area contributed by atoms with E-state index in [0.717, 1.165) is 11.0 Å². The van der Waals surface area contributed by atoms with Crippen LogP contribution in [0.15, 0.2) is 85.1 Å². The molecule has 2 aromatic carbocycles. The van der Waals surface area contributed by atoms with Crippen molar-refractivity contribution in [2.24, 2.45) is 11.5 Å². The molecule has 0 radical (unpaired) electrons. The Morgan fingerprint density at radius 2 is 1.62 bits per heavy atom. The number of hydrogen-bond donors (Lipinski definition) is 2. The van der Waals surface area contributed by atoms with Crippen LogP contribution >= 0.6 is 0 Å². The molecule has 4 N–H and O–H groups in total. The van der Waals surface area contributed by atoms with Crippen LogP contribution in [-0.2, 0) is 28.9 Å². The molecule has 0 aliphatic carbocycles. The predicted molar refractivity (Wildman–Crippen MR) is 151 cm³/mol. The summed E-state index contributed by atoms with van der Waals surface area (Å²) in [6, 6.07) is 18.6. The number of pyridine rings is 1. The van der Waals surface area contributed by atoms with E-state index in [9.17, 15) is 27.6 Å². The van der Waals surface area contributed by atoms with E-state index in [4.69, 9.17) is 20.9 Å². The number of sulfone groups is 1. The molecule has 1 fully saturated rings. The number of nitrogens with two attached hydrogens (primary N) is 2. The SMILES string of the molecule is C[C@]1(COC(N)=O)[C@H](C(=O)OC(c2ccccc2)c2ccccc2)N(C(=O)/C=C/c2cc(C(N)=O)ccn2)CS1(=O)=O. The zero-order chi connectivity index (χ0) is 30.5. The average Bonchev–Trinajstić information content (AvgIpc) is 3.19. The fourth-order valence-electron chi connectivity index (χ4n) is 4.57. The lowest BCUT2D eigenvalue weighted by Crippen LogP contribution is -2.55. The maximum absolute atomic E-state index is 13.9. The molecule has 2 heterocycles. The van der Waals surface area contributed by atoms with Crippen LogP contribution in [0.1, 0.15) is 40.2 Å². The molecule has 13 heteroatoms. The summed E-state index contributed by atoms with van der Waals surface area (Å²) in [6.07, 6.45) is 1.37. The molecule has 12 nitrogen and oxygen atoms in total. The van der Waals surface area contributed by atoms with E-state index in [2.05, 4.69) is 4.98 Å². The van der Waals surface area contributed by atoms with Crippen LogP contribution in [-0.4, -0.2) is 65.5 Å². The zero-order valence-corrected chi connectivity index (χ0v) is 23.3. The van der Waals surface area contributed by atoms with Crippen LogP contribution in [0.2, 0.25) is 0 Å². The van der Waals surface area contributed by atoms with Gasteiger partial charge in [0.2, 0.25) is 11.8 Å². The van der Waals surface area contributed by atoms with Gasteiger partial charge in [0.05, 0.1) is 5.69 Å². The Labute approximate surface area is 241 Å². The fourth-order valence-corrected chi connectivity index (χ4v) is 6.30. The first-order valence-electron chi connectivity index (χ1n) is 12.6. The van der Waals surface area contributed by atoms with Crippen molar-refractivity contribution in [3.63, 3.8) is 0 Å². The number of carbonyl (C=O) groups is 4. The van der Waals surface area contributed by atoms with Crippen LogP contribution in [0.25, 0.3) is 6.08 Å². The van der Waals surface area contributed by atoms with Gasteiger partial charge < -0.3 is 25.8 Å². The molecule has 0 unspecified atom stereocenters. The van der Waals surface area contributed by atoms with Crippen molar-refractivity contribution in [1.29, 1.82) is 0 Å². The monoisotopic (exact) mass is 592 g/mol. The van der Waals surface area contributed by atoms with Crippen molar-refractivity contribution < 1.29 is 37.1 Å². The third-order valence-corrected chi connectivity index (χ3v) is 9.20. The molecule has 3 amide bonds. The van der Waals surface area contributed by atoms with Gasteiger partial charge in [0.15, 0.2) is 22.0 Å². The second-order valence-corrected chi connectivity index (χ2v) is 12.1. The van der Waals surface area contributed by atoms with E-state index in [1.807, 2.05) is 0 Å². The first-order chi connectivity index (χ1) is 19.9. The smallest absolute Gasteiger partial charge is 0.404 e. The Bertz CT molecular complexity index is 1590. The van der Waals surface area contributed by atoms with Crippen molar-refractivity contribution in [3.8, 4) is 0 Å². The molecular weight excluding hydrogens is 564 g/mol. The lowest BCUT2D eigenvalue weighted by molar-refractivity contribution is -0.157. The number of primary amides is 2. The van der Waals surface area contributed by atoms with Crippen molar-refractivity contribution in [2.75, 3.05) is 12.5 Å². The van der Waals surface area contributed by atoms with Crippen molar-refractivity contribution in [1.82, 2.24) is 9.88 Å². The molecule has 3 aromatic rings. The summed E-state index contributed by atoms with van der Waals surface area (Å²) < 4.78 is 35.5. The average molecular weight is 593 g/mol. The van der Waals surface area contributed by atoms with E-state index in [1.54, 1.807) is 60.7 Å². The Hall–Kier alpha value is -5.04. The highest BCUT2D eigenvalue weighted by Gasteiger charge is 2.61. The van der Waals surface area contributed by atoms with Gasteiger partial charge in [-0.1, -0.05) is 60.7 Å². The van der Waals surface area contributed by atoms with Crippen LogP contribution in [0, 0.1) is 0 Å². The van der Waals surface area contributed by atoms with E-state index < -0.39 is 63.1 Å². The fraction of sp³-hybridized carbons (Fsp3) is 0.207. The van der Waals surface area contributed by atoms with Gasteiger partial charge in [-0.15, -0.1) is 0 Å². The third kappa shape index (κ3) is 6.31. The highest BCUT2D eigenvalue weighted by atomic mass is 32.2. The van der Waals surface area contributed by atoms with Crippen molar-refractivity contribution in [3.05, 3.63) is 107 Å². The molecule has 1 aromatic heterocycles. The number of carbonyl (C=O) groups excluding carboxylic acids is 4. The molecule has 0 saturated carbocycles. The molecular formula is C29H28N4O8S. The molecule has 4 rings (SSSR count). The minimum atomic E-state index is -4.28. The topological polar surface area (TPSA) is 189 Å². The number of ether oxygens (including phenoxy) is 2. The molecule has 0 spiro atoms. The number of amides is 3. The number of rotatable bonds is 9. The number of aromatic nitrogens is 1. The summed E-state index contributed by atoms with van der Waals surface area (Å²) in [6.45, 7) is 0.383. The van der Waals surface area contributed by atoms with Gasteiger partial charge in [0.1, 0.15) is 17.2 Å². The van der Waals surface area contributed by atoms with Gasteiger partial charge in [0.25, 0.3) is 0 Å². The molecule has 42 heavy (non-hydrogen) atoms. The van der Waals surface area contributed by atoms with Crippen LogP contribution in [0.5, 0.6) is 0 Å². The largest absolute Gasteiger partial charge is 0.451 e. The Morgan fingerprint density at radius 3 is 2.17 bits per heavy atom. The quantitative estimate of drug-likeness (QED) is 0.276. The maximum Gasteiger partial charge on any atom is 0.404 e. The van der Waals surface area contributed by atoms with E-state index in [-0.39, 0.29) is 11.3 Å². The minimum Gasteiger partial charge on any atom is -0.451 e. The maximum atomic E-state index is 13.9. The minimum absolute atomic E-state index is 0.145. The van der Waals surface area contributed by atoms with Crippen LogP contribution in [0.4, 0.5) is 4.79 Å². The van der Waals surface area contributed by atoms with Crippen molar-refractivity contribution >= 4 is 39.8 Å². The number of nitrogens with zero attached hydrogens (tertiary/aromatic N) is 2. The zero-order valence-electron chi connectivity index (χ0n) is 22.5. The van der Waals surface area contributed by atoms with Gasteiger partial charge in [-0.25, -0.2) is 18.0 Å². The highest BCUT2D eigenvalue weighted by Crippen LogP contribution is 2.38. The third-order valence-electron chi connectivity index (χ3n) is 6.82. The van der Waals surface area contributed by atoms with Gasteiger partial charge in [-0.05, 0) is 36.3 Å². The first kappa shape index (κ1) is 29.9. The summed E-state index contributed by atoms with van der Waals surface area (Å²) in [7, 11) is -4.28. The number of benzene rings is 2. The van der Waals surface area contributed by atoms with E-state index >= 15 is 0 Å². The number of esters is 1. The summed E-state index contributed by atoms with van der Waals surface area (Å²) in [5.74, 6) is -3.49. The molecule has 2 atom stereocenters. The molecule has 1 aliphatic rings. The molecule has 1 saturated heterocycles. The summed E-state index contributed by atoms with van der Waals surface area (Å²) in [5.41, 5.74) is 11.9. The van der Waals surface area contributed by atoms with Gasteiger partial charge >= 0.3 is 12.1 Å². The normalized spacial score (nSPS) is 19.5. The van der Waals surface area contributed by atoms with Gasteiger partial charge in [-0.3, -0.25) is 14.6 Å². The summed E-state index contributed by atoms with van der Waals surface area (Å²) in [4.78, 5) is 55.1. The first-order valence-corrected chi connectivity index (χ1v) is 14.3. The van der Waals surface area contributed by atoms with E-state index in [1.165, 1.54) is 31.3 Å². The highest BCUT2D eigenvalue weighted by molar-refractivity contribution is 7.93. The Balaban J connectivity index is 1.73. The standard InChI is InChI=1S/C29H28N4O8S/c1-29(17-40-28(31)37)25(27(36)41-24(19-8-4-2-5-9-19)20-10-6-3-7-11-20)33(18-42(29,38)39)23(34)13-12-22-16-21(26(30)35)14-15-32-22/h2-16,24-25H,17-18H2,1H3,(H2,30,35)(H2,31,37)/b13-12+/t25-,29-/m0/s1. The lowest BCUT2D eigenvalue weighted by atomic mass is 9.98. The number of hydrogen-bond acceptors (Lipinski definition) is 9. The van der Waals surface area contributed by atoms with Gasteiger partial charge in [0, 0.05) is 17.8 Å². The summed E-state index contributed by atoms with van der Waals surface area (Å²) >= 11 is 0. The van der Waals surface area contributed by atoms with Crippen molar-refractivity contribution in [2.45, 2.75) is 23.8 Å². The van der Waals surface area contributed by atoms with Crippen LogP contribution < -0.4 is 11.5 Å². The molecule has 0 bridgehead atoms. The van der Waals surface area contributed by atoms with Crippen LogP contribution in [0.3, 0.4) is 0 Å². The second-order valence-electron chi connectivity index (χ2n) is 9.68. The Kier molecular flexibility index (Phi) is 8.71. The predicted octanol–water partition coefficient (Wildman–Crippen LogP) is 1.96. The Morgan fingerprint density at radius 1 is 1.02 bits per heavy atom. The molecule has 218 valence electrons. The second kappa shape index (κ2) is 12.2.